The van der Waals surface area contributed by atoms with Crippen LogP contribution in [0.1, 0.15) is 88.4 Å². The molecule has 2 N–H and O–H groups in total. The van der Waals surface area contributed by atoms with Crippen LogP contribution in [0.5, 0.6) is 0 Å². The topological polar surface area (TPSA) is 83.8 Å². The number of hydrogen-bond donors (Lipinski definition) is 2. The number of carbonyl (C=O) groups excluding carboxylic acids is 1. The average Bonchev–Trinajstić information content (AvgIpc) is 2.64. The van der Waals surface area contributed by atoms with Crippen molar-refractivity contribution in [3.63, 3.8) is 0 Å². The molecule has 5 heteroatoms. The Bertz CT molecular complexity index is 553. The van der Waals surface area contributed by atoms with E-state index in [0.717, 1.165) is 19.3 Å². The predicted molar refractivity (Wildman–Crippen MR) is 106 cm³/mol. The minimum atomic E-state index is -1.91. The summed E-state index contributed by atoms with van der Waals surface area (Å²) in [5.74, 6) is -1.79. The Morgan fingerprint density at radius 2 is 1.56 bits per heavy atom. The standard InChI is InChI=1S/C22H34O5/c1-3-4-5-6-7-8-9-13-16-19(17-22(2,26)21(24)25)27-20(23)18-14-11-10-12-15-18/h10-12,14-15,19,26H,3-9,13,16-17H2,1-2H3,(H,24,25)/t19-,22?/m0/s1. The first-order chi connectivity index (χ1) is 12.9. The van der Waals surface area contributed by atoms with E-state index < -0.39 is 23.6 Å². The highest BCUT2D eigenvalue weighted by atomic mass is 16.5. The van der Waals surface area contributed by atoms with E-state index in [9.17, 15) is 14.7 Å². The lowest BCUT2D eigenvalue weighted by Gasteiger charge is -2.25. The van der Waals surface area contributed by atoms with Crippen LogP contribution in [-0.4, -0.2) is 33.9 Å². The van der Waals surface area contributed by atoms with E-state index >= 15 is 0 Å². The summed E-state index contributed by atoms with van der Waals surface area (Å²) in [4.78, 5) is 23.5. The van der Waals surface area contributed by atoms with Gasteiger partial charge in [0.1, 0.15) is 6.10 Å². The number of carbonyl (C=O) groups is 2. The first-order valence-electron chi connectivity index (χ1n) is 10.1. The van der Waals surface area contributed by atoms with Crippen LogP contribution in [0.25, 0.3) is 0 Å². The molecule has 1 aromatic carbocycles. The van der Waals surface area contributed by atoms with E-state index in [1.165, 1.54) is 39.0 Å². The van der Waals surface area contributed by atoms with Crippen molar-refractivity contribution in [1.82, 2.24) is 0 Å². The Balaban J connectivity index is 2.51. The zero-order chi connectivity index (χ0) is 20.1. The molecule has 0 fully saturated rings. The fourth-order valence-corrected chi connectivity index (χ4v) is 3.03. The van der Waals surface area contributed by atoms with Crippen molar-refractivity contribution in [2.75, 3.05) is 0 Å². The molecule has 5 nitrogen and oxygen atoms in total. The smallest absolute Gasteiger partial charge is 0.338 e. The molecule has 1 aromatic rings. The molecule has 0 spiro atoms. The molecule has 0 saturated heterocycles. The average molecular weight is 379 g/mol. The number of unbranched alkanes of at least 4 members (excludes halogenated alkanes) is 7. The van der Waals surface area contributed by atoms with Crippen LogP contribution in [-0.2, 0) is 9.53 Å². The van der Waals surface area contributed by atoms with Crippen LogP contribution in [0.3, 0.4) is 0 Å². The summed E-state index contributed by atoms with van der Waals surface area (Å²) in [5, 5.41) is 19.2. The molecule has 0 bridgehead atoms. The van der Waals surface area contributed by atoms with Crippen molar-refractivity contribution < 1.29 is 24.5 Å². The van der Waals surface area contributed by atoms with Gasteiger partial charge in [0.15, 0.2) is 5.60 Å². The SMILES string of the molecule is CCCCCCCCCC[C@@H](CC(C)(O)C(=O)O)OC(=O)c1ccccc1. The quantitative estimate of drug-likeness (QED) is 0.353. The second kappa shape index (κ2) is 12.5. The number of ether oxygens (including phenoxy) is 1. The molecule has 0 aromatic heterocycles. The van der Waals surface area contributed by atoms with Gasteiger partial charge in [-0.1, -0.05) is 70.1 Å². The molecular formula is C22H34O5. The number of hydrogen-bond acceptors (Lipinski definition) is 4. The van der Waals surface area contributed by atoms with Crippen molar-refractivity contribution in [3.8, 4) is 0 Å². The fourth-order valence-electron chi connectivity index (χ4n) is 3.03. The van der Waals surface area contributed by atoms with Crippen molar-refractivity contribution in [1.29, 1.82) is 0 Å². The summed E-state index contributed by atoms with van der Waals surface area (Å²) in [7, 11) is 0. The third-order valence-corrected chi connectivity index (χ3v) is 4.75. The lowest BCUT2D eigenvalue weighted by Crippen LogP contribution is -2.39. The van der Waals surface area contributed by atoms with E-state index in [1.807, 2.05) is 6.07 Å². The van der Waals surface area contributed by atoms with Gasteiger partial charge in [0.25, 0.3) is 0 Å². The predicted octanol–water partition coefficient (Wildman–Crippen LogP) is 4.97. The van der Waals surface area contributed by atoms with Gasteiger partial charge in [0.2, 0.25) is 0 Å². The summed E-state index contributed by atoms with van der Waals surface area (Å²) in [5.41, 5.74) is -1.49. The number of carboxylic acid groups (broad SMARTS) is 1. The third-order valence-electron chi connectivity index (χ3n) is 4.75. The van der Waals surface area contributed by atoms with E-state index in [-0.39, 0.29) is 6.42 Å². The van der Waals surface area contributed by atoms with Gasteiger partial charge in [0, 0.05) is 6.42 Å². The molecule has 0 aliphatic heterocycles. The van der Waals surface area contributed by atoms with E-state index in [2.05, 4.69) is 6.92 Å². The number of aliphatic carboxylic acids is 1. The van der Waals surface area contributed by atoms with Gasteiger partial charge in [-0.25, -0.2) is 9.59 Å². The van der Waals surface area contributed by atoms with Crippen LogP contribution >= 0.6 is 0 Å². The Morgan fingerprint density at radius 1 is 1.00 bits per heavy atom. The van der Waals surface area contributed by atoms with Crippen LogP contribution in [0.2, 0.25) is 0 Å². The van der Waals surface area contributed by atoms with E-state index in [0.29, 0.717) is 12.0 Å². The van der Waals surface area contributed by atoms with Gasteiger partial charge in [-0.05, 0) is 31.9 Å². The normalized spacial score (nSPS) is 14.3. The molecule has 1 rings (SSSR count). The first kappa shape index (κ1) is 23.2. The van der Waals surface area contributed by atoms with Crippen LogP contribution in [0.4, 0.5) is 0 Å². The minimum Gasteiger partial charge on any atom is -0.479 e. The zero-order valence-corrected chi connectivity index (χ0v) is 16.7. The molecule has 0 heterocycles. The molecule has 27 heavy (non-hydrogen) atoms. The van der Waals surface area contributed by atoms with Crippen LogP contribution < -0.4 is 0 Å². The molecule has 152 valence electrons. The number of benzene rings is 1. The highest BCUT2D eigenvalue weighted by molar-refractivity contribution is 5.89. The molecular weight excluding hydrogens is 344 g/mol. The van der Waals surface area contributed by atoms with Gasteiger partial charge in [0.05, 0.1) is 5.56 Å². The Labute approximate surface area is 162 Å². The molecule has 1 unspecified atom stereocenters. The fraction of sp³-hybridized carbons (Fsp3) is 0.636. The summed E-state index contributed by atoms with van der Waals surface area (Å²) in [6.07, 6.45) is 9.03. The second-order valence-electron chi connectivity index (χ2n) is 7.44. The Kier molecular flexibility index (Phi) is 10.7. The maximum Gasteiger partial charge on any atom is 0.338 e. The number of carboxylic acids is 1. The Morgan fingerprint density at radius 3 is 2.11 bits per heavy atom. The molecule has 0 amide bonds. The van der Waals surface area contributed by atoms with Crippen molar-refractivity contribution in [2.24, 2.45) is 0 Å². The lowest BCUT2D eigenvalue weighted by atomic mass is 9.95. The lowest BCUT2D eigenvalue weighted by molar-refractivity contribution is -0.159. The monoisotopic (exact) mass is 378 g/mol. The maximum absolute atomic E-state index is 12.3. The summed E-state index contributed by atoms with van der Waals surface area (Å²) >= 11 is 0. The summed E-state index contributed by atoms with van der Waals surface area (Å²) < 4.78 is 5.52. The van der Waals surface area contributed by atoms with Gasteiger partial charge in [-0.2, -0.15) is 0 Å². The zero-order valence-electron chi connectivity index (χ0n) is 16.7. The van der Waals surface area contributed by atoms with Gasteiger partial charge in [-0.3, -0.25) is 0 Å². The first-order valence-corrected chi connectivity index (χ1v) is 10.1. The second-order valence-corrected chi connectivity index (χ2v) is 7.44. The highest BCUT2D eigenvalue weighted by Crippen LogP contribution is 2.21. The molecule has 2 atom stereocenters. The van der Waals surface area contributed by atoms with E-state index in [1.54, 1.807) is 24.3 Å². The number of rotatable bonds is 14. The van der Waals surface area contributed by atoms with Gasteiger partial charge in [-0.15, -0.1) is 0 Å². The molecule has 0 aliphatic rings. The number of aliphatic hydroxyl groups is 1. The number of esters is 1. The molecule has 0 saturated carbocycles. The van der Waals surface area contributed by atoms with Crippen molar-refractivity contribution in [3.05, 3.63) is 35.9 Å². The van der Waals surface area contributed by atoms with Crippen molar-refractivity contribution >= 4 is 11.9 Å². The third kappa shape index (κ3) is 9.57. The highest BCUT2D eigenvalue weighted by Gasteiger charge is 2.34. The summed E-state index contributed by atoms with van der Waals surface area (Å²) in [6.45, 7) is 3.44. The van der Waals surface area contributed by atoms with Crippen LogP contribution in [0, 0.1) is 0 Å². The minimum absolute atomic E-state index is 0.114. The Hall–Kier alpha value is -1.88. The van der Waals surface area contributed by atoms with Gasteiger partial charge >= 0.3 is 11.9 Å². The maximum atomic E-state index is 12.3. The molecule has 0 aliphatic carbocycles. The van der Waals surface area contributed by atoms with E-state index in [4.69, 9.17) is 9.84 Å². The summed E-state index contributed by atoms with van der Waals surface area (Å²) in [6, 6.07) is 8.62. The largest absolute Gasteiger partial charge is 0.479 e. The van der Waals surface area contributed by atoms with Crippen molar-refractivity contribution in [2.45, 2.75) is 89.8 Å². The van der Waals surface area contributed by atoms with Crippen LogP contribution in [0.15, 0.2) is 30.3 Å². The van der Waals surface area contributed by atoms with Gasteiger partial charge < -0.3 is 14.9 Å². The molecule has 0 radical (unpaired) electrons.